The zero-order chi connectivity index (χ0) is 16.8. The number of carbonyl (C=O) groups excluding carboxylic acids is 2. The Balaban J connectivity index is 3.19. The van der Waals surface area contributed by atoms with Crippen LogP contribution in [0.1, 0.15) is 26.3 Å². The third kappa shape index (κ3) is 4.00. The van der Waals surface area contributed by atoms with E-state index in [1.54, 1.807) is 20.8 Å². The molecule has 1 rings (SSSR count). The number of ether oxygens (including phenoxy) is 2. The first-order valence-electron chi connectivity index (χ1n) is 7.46. The Hall–Kier alpha value is -2.04. The van der Waals surface area contributed by atoms with E-state index in [1.807, 2.05) is 43.3 Å². The fraction of sp³-hybridized carbons (Fsp3) is 0.529. The number of carbonyl (C=O) groups is 2. The molecule has 0 atom stereocenters. The first-order valence-corrected chi connectivity index (χ1v) is 7.46. The third-order valence-corrected chi connectivity index (χ3v) is 3.47. The largest absolute Gasteiger partial charge is 0.465 e. The quantitative estimate of drug-likeness (QED) is 0.572. The Kier molecular flexibility index (Phi) is 6.40. The van der Waals surface area contributed by atoms with Crippen LogP contribution in [0, 0.1) is 5.41 Å². The Morgan fingerprint density at radius 1 is 1.05 bits per heavy atom. The third-order valence-electron chi connectivity index (χ3n) is 3.47. The molecule has 0 fully saturated rings. The van der Waals surface area contributed by atoms with Crippen molar-refractivity contribution in [3.63, 3.8) is 0 Å². The molecule has 0 N–H and O–H groups in total. The van der Waals surface area contributed by atoms with Gasteiger partial charge in [0.15, 0.2) is 5.41 Å². The van der Waals surface area contributed by atoms with E-state index in [1.165, 1.54) is 0 Å². The second-order valence-electron chi connectivity index (χ2n) is 5.47. The normalized spacial score (nSPS) is 11.0. The summed E-state index contributed by atoms with van der Waals surface area (Å²) in [7, 11) is 3.84. The maximum absolute atomic E-state index is 12.3. The molecule has 1 aromatic rings. The molecule has 122 valence electrons. The number of para-hydroxylation sites is 1. The van der Waals surface area contributed by atoms with E-state index < -0.39 is 17.4 Å². The second-order valence-corrected chi connectivity index (χ2v) is 5.47. The van der Waals surface area contributed by atoms with Gasteiger partial charge in [-0.3, -0.25) is 9.59 Å². The highest BCUT2D eigenvalue weighted by Gasteiger charge is 2.44. The van der Waals surface area contributed by atoms with Crippen LogP contribution in [0.4, 0.5) is 5.69 Å². The molecule has 0 heterocycles. The average molecular weight is 307 g/mol. The van der Waals surface area contributed by atoms with Gasteiger partial charge in [-0.15, -0.1) is 0 Å². The molecule has 0 saturated heterocycles. The van der Waals surface area contributed by atoms with E-state index in [0.29, 0.717) is 0 Å². The zero-order valence-corrected chi connectivity index (χ0v) is 14.0. The zero-order valence-electron chi connectivity index (χ0n) is 14.0. The van der Waals surface area contributed by atoms with Gasteiger partial charge in [-0.25, -0.2) is 0 Å². The van der Waals surface area contributed by atoms with Gasteiger partial charge in [-0.1, -0.05) is 18.2 Å². The van der Waals surface area contributed by atoms with Crippen molar-refractivity contribution in [2.45, 2.75) is 27.2 Å². The van der Waals surface area contributed by atoms with Crippen molar-refractivity contribution in [2.24, 2.45) is 5.41 Å². The highest BCUT2D eigenvalue weighted by atomic mass is 16.6. The minimum atomic E-state index is -1.35. The number of nitrogens with zero attached hydrogens (tertiary/aromatic N) is 1. The monoisotopic (exact) mass is 307 g/mol. The van der Waals surface area contributed by atoms with Gasteiger partial charge in [0.2, 0.25) is 0 Å². The minimum absolute atomic E-state index is 0.225. The van der Waals surface area contributed by atoms with Crippen LogP contribution in [0.25, 0.3) is 0 Å². The SMILES string of the molecule is CCOC(=O)C(C)(Cc1ccccc1N(C)C)C(=O)OCC. The van der Waals surface area contributed by atoms with Crippen molar-refractivity contribution in [3.05, 3.63) is 29.8 Å². The summed E-state index contributed by atoms with van der Waals surface area (Å²) < 4.78 is 10.2. The number of hydrogen-bond acceptors (Lipinski definition) is 5. The van der Waals surface area contributed by atoms with Gasteiger partial charge in [-0.05, 0) is 32.4 Å². The van der Waals surface area contributed by atoms with Gasteiger partial charge in [0.05, 0.1) is 13.2 Å². The van der Waals surface area contributed by atoms with Crippen LogP contribution in [0.2, 0.25) is 0 Å². The lowest BCUT2D eigenvalue weighted by Gasteiger charge is -2.27. The predicted octanol–water partition coefficient (Wildman–Crippen LogP) is 2.43. The molecule has 0 aliphatic heterocycles. The summed E-state index contributed by atoms with van der Waals surface area (Å²) in [6, 6.07) is 7.67. The number of anilines is 1. The highest BCUT2D eigenvalue weighted by molar-refractivity contribution is 6.00. The molecule has 0 saturated carbocycles. The number of esters is 2. The van der Waals surface area contributed by atoms with Crippen molar-refractivity contribution in [3.8, 4) is 0 Å². The molecule has 22 heavy (non-hydrogen) atoms. The first kappa shape index (κ1) is 18.0. The maximum atomic E-state index is 12.3. The van der Waals surface area contributed by atoms with Gasteiger partial charge in [0, 0.05) is 26.2 Å². The fourth-order valence-electron chi connectivity index (χ4n) is 2.29. The maximum Gasteiger partial charge on any atom is 0.323 e. The lowest BCUT2D eigenvalue weighted by Crippen LogP contribution is -2.41. The van der Waals surface area contributed by atoms with Crippen molar-refractivity contribution in [1.29, 1.82) is 0 Å². The van der Waals surface area contributed by atoms with Crippen LogP contribution in [-0.4, -0.2) is 39.2 Å². The Labute approximate surface area is 132 Å². The summed E-state index contributed by atoms with van der Waals surface area (Å²) in [6.45, 7) is 5.47. The van der Waals surface area contributed by atoms with E-state index in [9.17, 15) is 9.59 Å². The summed E-state index contributed by atoms with van der Waals surface area (Å²) in [5.41, 5.74) is 0.511. The van der Waals surface area contributed by atoms with Crippen LogP contribution in [0.3, 0.4) is 0 Å². The molecule has 0 unspecified atom stereocenters. The average Bonchev–Trinajstić information content (AvgIpc) is 2.47. The van der Waals surface area contributed by atoms with Crippen molar-refractivity contribution < 1.29 is 19.1 Å². The molecule has 5 nitrogen and oxygen atoms in total. The lowest BCUT2D eigenvalue weighted by molar-refractivity contribution is -0.170. The molecule has 0 radical (unpaired) electrons. The molecule has 0 spiro atoms. The number of hydrogen-bond donors (Lipinski definition) is 0. The molecule has 0 bridgehead atoms. The van der Waals surface area contributed by atoms with E-state index >= 15 is 0 Å². The van der Waals surface area contributed by atoms with Crippen molar-refractivity contribution in [1.82, 2.24) is 0 Å². The standard InChI is InChI=1S/C17H25NO4/c1-6-21-15(19)17(3,16(20)22-7-2)12-13-10-8-9-11-14(13)18(4)5/h8-11H,6-7,12H2,1-5H3. The fourth-order valence-corrected chi connectivity index (χ4v) is 2.29. The molecular formula is C17H25NO4. The van der Waals surface area contributed by atoms with Crippen LogP contribution < -0.4 is 4.90 Å². The van der Waals surface area contributed by atoms with E-state index in [-0.39, 0.29) is 19.6 Å². The predicted molar refractivity (Wildman–Crippen MR) is 85.8 cm³/mol. The molecule has 1 aromatic carbocycles. The second kappa shape index (κ2) is 7.82. The Morgan fingerprint density at radius 3 is 2.00 bits per heavy atom. The summed E-state index contributed by atoms with van der Waals surface area (Å²) >= 11 is 0. The molecule has 0 amide bonds. The summed E-state index contributed by atoms with van der Waals surface area (Å²) in [4.78, 5) is 26.6. The molecule has 0 aliphatic rings. The molecule has 0 aromatic heterocycles. The van der Waals surface area contributed by atoms with Crippen molar-refractivity contribution >= 4 is 17.6 Å². The summed E-state index contributed by atoms with van der Waals surface area (Å²) in [5.74, 6) is -1.11. The number of benzene rings is 1. The summed E-state index contributed by atoms with van der Waals surface area (Å²) in [5, 5.41) is 0. The molecule has 0 aliphatic carbocycles. The molecular weight excluding hydrogens is 282 g/mol. The van der Waals surface area contributed by atoms with Crippen LogP contribution in [-0.2, 0) is 25.5 Å². The topological polar surface area (TPSA) is 55.8 Å². The highest BCUT2D eigenvalue weighted by Crippen LogP contribution is 2.30. The lowest BCUT2D eigenvalue weighted by atomic mass is 9.83. The Bertz CT molecular complexity index is 507. The number of rotatable bonds is 7. The van der Waals surface area contributed by atoms with Gasteiger partial charge in [-0.2, -0.15) is 0 Å². The van der Waals surface area contributed by atoms with Crippen LogP contribution >= 0.6 is 0 Å². The molecule has 5 heteroatoms. The van der Waals surface area contributed by atoms with Crippen LogP contribution in [0.5, 0.6) is 0 Å². The minimum Gasteiger partial charge on any atom is -0.465 e. The van der Waals surface area contributed by atoms with E-state index in [2.05, 4.69) is 0 Å². The van der Waals surface area contributed by atoms with Gasteiger partial charge in [0.1, 0.15) is 0 Å². The van der Waals surface area contributed by atoms with Gasteiger partial charge in [0.25, 0.3) is 0 Å². The smallest absolute Gasteiger partial charge is 0.323 e. The Morgan fingerprint density at radius 2 is 1.55 bits per heavy atom. The van der Waals surface area contributed by atoms with Gasteiger partial charge < -0.3 is 14.4 Å². The van der Waals surface area contributed by atoms with Crippen molar-refractivity contribution in [2.75, 3.05) is 32.2 Å². The first-order chi connectivity index (χ1) is 10.4. The van der Waals surface area contributed by atoms with Crippen LogP contribution in [0.15, 0.2) is 24.3 Å². The van der Waals surface area contributed by atoms with Gasteiger partial charge >= 0.3 is 11.9 Å². The summed E-state index contributed by atoms with van der Waals surface area (Å²) in [6.07, 6.45) is 0.235. The van der Waals surface area contributed by atoms with E-state index in [0.717, 1.165) is 11.3 Å². The van der Waals surface area contributed by atoms with E-state index in [4.69, 9.17) is 9.47 Å².